The number of thiophene rings is 1. The van der Waals surface area contributed by atoms with Crippen molar-refractivity contribution in [3.8, 4) is 16.9 Å². The van der Waals surface area contributed by atoms with Gasteiger partial charge >= 0.3 is 0 Å². The molecule has 2 rings (SSSR count). The Labute approximate surface area is 99.7 Å². The summed E-state index contributed by atoms with van der Waals surface area (Å²) in [6.07, 6.45) is 0. The Balaban J connectivity index is 2.45. The van der Waals surface area contributed by atoms with Crippen LogP contribution in [-0.2, 0) is 6.54 Å². The van der Waals surface area contributed by atoms with E-state index in [4.69, 9.17) is 10.5 Å². The number of hydrogen-bond acceptors (Lipinski definition) is 3. The van der Waals surface area contributed by atoms with Crippen molar-refractivity contribution in [2.75, 3.05) is 7.11 Å². The van der Waals surface area contributed by atoms with Crippen LogP contribution in [0.25, 0.3) is 11.1 Å². The highest BCUT2D eigenvalue weighted by Gasteiger charge is 2.07. The van der Waals surface area contributed by atoms with Crippen molar-refractivity contribution >= 4 is 11.3 Å². The van der Waals surface area contributed by atoms with Crippen molar-refractivity contribution in [2.45, 2.75) is 13.5 Å². The van der Waals surface area contributed by atoms with Gasteiger partial charge in [0.1, 0.15) is 5.75 Å². The molecule has 0 saturated heterocycles. The van der Waals surface area contributed by atoms with Gasteiger partial charge in [-0.2, -0.15) is 0 Å². The van der Waals surface area contributed by atoms with E-state index in [0.717, 1.165) is 11.3 Å². The number of hydrogen-bond donors (Lipinski definition) is 1. The fourth-order valence-corrected chi connectivity index (χ4v) is 2.58. The zero-order valence-corrected chi connectivity index (χ0v) is 10.3. The summed E-state index contributed by atoms with van der Waals surface area (Å²) < 4.78 is 5.25. The maximum atomic E-state index is 5.71. The van der Waals surface area contributed by atoms with Gasteiger partial charge in [0.15, 0.2) is 0 Å². The van der Waals surface area contributed by atoms with E-state index in [1.165, 1.54) is 16.0 Å². The topological polar surface area (TPSA) is 35.2 Å². The molecule has 2 aromatic rings. The van der Waals surface area contributed by atoms with Crippen LogP contribution in [0, 0.1) is 6.92 Å². The highest BCUT2D eigenvalue weighted by molar-refractivity contribution is 7.10. The Morgan fingerprint density at radius 2 is 2.12 bits per heavy atom. The average Bonchev–Trinajstić information content (AvgIpc) is 2.77. The van der Waals surface area contributed by atoms with Gasteiger partial charge in [-0.05, 0) is 47.2 Å². The summed E-state index contributed by atoms with van der Waals surface area (Å²) in [6, 6.07) is 8.34. The Morgan fingerprint density at radius 1 is 1.31 bits per heavy atom. The molecule has 1 aromatic heterocycles. The van der Waals surface area contributed by atoms with Gasteiger partial charge in [0.05, 0.1) is 7.11 Å². The molecule has 3 heteroatoms. The molecule has 1 aromatic carbocycles. The van der Waals surface area contributed by atoms with E-state index < -0.39 is 0 Å². The first kappa shape index (κ1) is 11.2. The van der Waals surface area contributed by atoms with Crippen molar-refractivity contribution in [3.63, 3.8) is 0 Å². The monoisotopic (exact) mass is 233 g/mol. The number of ether oxygens (including phenoxy) is 1. The van der Waals surface area contributed by atoms with Gasteiger partial charge in [-0.1, -0.05) is 6.07 Å². The molecular weight excluding hydrogens is 218 g/mol. The van der Waals surface area contributed by atoms with E-state index in [2.05, 4.69) is 30.5 Å². The second kappa shape index (κ2) is 4.68. The smallest absolute Gasteiger partial charge is 0.121 e. The van der Waals surface area contributed by atoms with Gasteiger partial charge in [0.25, 0.3) is 0 Å². The van der Waals surface area contributed by atoms with Crippen molar-refractivity contribution in [1.29, 1.82) is 0 Å². The molecule has 0 spiro atoms. The normalized spacial score (nSPS) is 10.4. The summed E-state index contributed by atoms with van der Waals surface area (Å²) in [4.78, 5) is 1.23. The Morgan fingerprint density at radius 3 is 2.75 bits per heavy atom. The number of methoxy groups -OCH3 is 1. The zero-order chi connectivity index (χ0) is 11.5. The Hall–Kier alpha value is -1.32. The molecule has 0 atom stereocenters. The van der Waals surface area contributed by atoms with Crippen molar-refractivity contribution in [1.82, 2.24) is 0 Å². The van der Waals surface area contributed by atoms with Gasteiger partial charge in [0.2, 0.25) is 0 Å². The second-order valence-electron chi connectivity index (χ2n) is 3.65. The lowest BCUT2D eigenvalue weighted by molar-refractivity contribution is 0.412. The van der Waals surface area contributed by atoms with Crippen LogP contribution in [0.3, 0.4) is 0 Å². The fourth-order valence-electron chi connectivity index (χ4n) is 1.80. The minimum absolute atomic E-state index is 0.595. The third-order valence-corrected chi connectivity index (χ3v) is 3.58. The van der Waals surface area contributed by atoms with E-state index in [1.54, 1.807) is 18.4 Å². The lowest BCUT2D eigenvalue weighted by Crippen LogP contribution is -1.95. The van der Waals surface area contributed by atoms with Crippen LogP contribution >= 0.6 is 11.3 Å². The van der Waals surface area contributed by atoms with Crippen LogP contribution in [0.5, 0.6) is 5.75 Å². The molecule has 0 fully saturated rings. The van der Waals surface area contributed by atoms with Crippen LogP contribution in [0.15, 0.2) is 29.6 Å². The molecule has 2 nitrogen and oxygen atoms in total. The van der Waals surface area contributed by atoms with E-state index in [0.29, 0.717) is 6.54 Å². The maximum absolute atomic E-state index is 5.71. The molecule has 0 radical (unpaired) electrons. The fraction of sp³-hybridized carbons (Fsp3) is 0.231. The van der Waals surface area contributed by atoms with Crippen LogP contribution in [-0.4, -0.2) is 7.11 Å². The molecular formula is C13H15NOS. The third-order valence-electron chi connectivity index (χ3n) is 2.64. The first-order chi connectivity index (χ1) is 7.76. The Kier molecular flexibility index (Phi) is 3.27. The van der Waals surface area contributed by atoms with Gasteiger partial charge in [-0.15, -0.1) is 11.3 Å². The Bertz CT molecular complexity index is 490. The van der Waals surface area contributed by atoms with Gasteiger partial charge in [-0.25, -0.2) is 0 Å². The predicted octanol–water partition coefficient (Wildman–Crippen LogP) is 3.19. The molecule has 0 aliphatic rings. The molecule has 0 amide bonds. The third kappa shape index (κ3) is 1.96. The van der Waals surface area contributed by atoms with Gasteiger partial charge < -0.3 is 10.5 Å². The van der Waals surface area contributed by atoms with Crippen LogP contribution in [0.2, 0.25) is 0 Å². The summed E-state index contributed by atoms with van der Waals surface area (Å²) in [7, 11) is 1.69. The van der Waals surface area contributed by atoms with Crippen LogP contribution in [0.4, 0.5) is 0 Å². The molecule has 16 heavy (non-hydrogen) atoms. The lowest BCUT2D eigenvalue weighted by Gasteiger charge is -2.07. The largest absolute Gasteiger partial charge is 0.496 e. The first-order valence-corrected chi connectivity index (χ1v) is 6.05. The van der Waals surface area contributed by atoms with Crippen molar-refractivity contribution in [2.24, 2.45) is 5.73 Å². The summed E-state index contributed by atoms with van der Waals surface area (Å²) in [5.74, 6) is 0.924. The first-order valence-electron chi connectivity index (χ1n) is 5.17. The van der Waals surface area contributed by atoms with Gasteiger partial charge in [-0.3, -0.25) is 0 Å². The highest BCUT2D eigenvalue weighted by atomic mass is 32.1. The van der Waals surface area contributed by atoms with E-state index in [1.807, 2.05) is 6.07 Å². The quantitative estimate of drug-likeness (QED) is 0.883. The molecule has 0 bridgehead atoms. The number of benzene rings is 1. The lowest BCUT2D eigenvalue weighted by atomic mass is 10.0. The molecule has 0 aliphatic carbocycles. The number of rotatable bonds is 3. The van der Waals surface area contributed by atoms with E-state index in [-0.39, 0.29) is 0 Å². The number of aryl methyl sites for hydroxylation is 1. The van der Waals surface area contributed by atoms with E-state index >= 15 is 0 Å². The van der Waals surface area contributed by atoms with Crippen molar-refractivity contribution < 1.29 is 4.74 Å². The average molecular weight is 233 g/mol. The minimum atomic E-state index is 0.595. The van der Waals surface area contributed by atoms with Crippen molar-refractivity contribution in [3.05, 3.63) is 40.1 Å². The molecule has 0 aliphatic heterocycles. The highest BCUT2D eigenvalue weighted by Crippen LogP contribution is 2.31. The molecule has 84 valence electrons. The second-order valence-corrected chi connectivity index (χ2v) is 4.65. The zero-order valence-electron chi connectivity index (χ0n) is 9.49. The minimum Gasteiger partial charge on any atom is -0.496 e. The maximum Gasteiger partial charge on any atom is 0.121 e. The molecule has 0 saturated carbocycles. The number of nitrogens with two attached hydrogens (primary N) is 1. The molecule has 0 unspecified atom stereocenters. The molecule has 2 N–H and O–H groups in total. The standard InChI is InChI=1S/C13H15NOS/c1-9-7-10(3-4-12(9)15-2)11-5-6-16-13(11)8-14/h3-7H,8,14H2,1-2H3. The summed E-state index contributed by atoms with van der Waals surface area (Å²) in [6.45, 7) is 2.65. The summed E-state index contributed by atoms with van der Waals surface area (Å²) in [5, 5.41) is 2.08. The van der Waals surface area contributed by atoms with Crippen LogP contribution in [0.1, 0.15) is 10.4 Å². The SMILES string of the molecule is COc1ccc(-c2ccsc2CN)cc1C. The summed E-state index contributed by atoms with van der Waals surface area (Å²) >= 11 is 1.70. The molecule has 1 heterocycles. The van der Waals surface area contributed by atoms with Crippen LogP contribution < -0.4 is 10.5 Å². The predicted molar refractivity (Wildman–Crippen MR) is 68.9 cm³/mol. The van der Waals surface area contributed by atoms with Gasteiger partial charge in [0, 0.05) is 11.4 Å². The summed E-state index contributed by atoms with van der Waals surface area (Å²) in [5.41, 5.74) is 9.30. The van der Waals surface area contributed by atoms with E-state index in [9.17, 15) is 0 Å².